The number of carbonyl (C=O) groups is 1. The molecule has 1 fully saturated rings. The molecule has 0 bridgehead atoms. The zero-order chi connectivity index (χ0) is 20.9. The fourth-order valence-corrected chi connectivity index (χ4v) is 4.21. The zero-order valence-electron chi connectivity index (χ0n) is 16.4. The summed E-state index contributed by atoms with van der Waals surface area (Å²) in [5, 5.41) is 7.75. The monoisotopic (exact) mass is 402 g/mol. The van der Waals surface area contributed by atoms with Crippen molar-refractivity contribution in [2.75, 3.05) is 18.1 Å². The highest BCUT2D eigenvalue weighted by molar-refractivity contribution is 6.10. The van der Waals surface area contributed by atoms with E-state index in [0.29, 0.717) is 17.8 Å². The second-order valence-corrected chi connectivity index (χ2v) is 7.73. The van der Waals surface area contributed by atoms with Crippen LogP contribution in [0.5, 0.6) is 0 Å². The molecule has 2 aromatic carbocycles. The topological polar surface area (TPSA) is 60.3 Å². The van der Waals surface area contributed by atoms with Gasteiger partial charge in [0.1, 0.15) is 6.33 Å². The fraction of sp³-hybridized carbons (Fsp3) is 0.261. The number of carbonyl (C=O) groups excluding carboxylic acids is 1. The maximum atomic E-state index is 15.6. The van der Waals surface area contributed by atoms with E-state index in [1.165, 1.54) is 6.33 Å². The molecule has 150 valence electrons. The van der Waals surface area contributed by atoms with E-state index >= 15 is 4.39 Å². The standard InChI is InChI=1S/C23H19FN4O2/c1-3-15-6-4-9-18-19(15)11-28(22(18)29)17-8-5-7-16(10-17)23(12-30-13-23)20(24)21-26-25-14-27(21)2/h1,4-10,14,20H,11-13H2,2H3/t20-/m0/s1. The Hall–Kier alpha value is -3.50. The first kappa shape index (κ1) is 18.5. The van der Waals surface area contributed by atoms with Crippen molar-refractivity contribution in [3.8, 4) is 12.3 Å². The van der Waals surface area contributed by atoms with Crippen LogP contribution in [0.2, 0.25) is 0 Å². The molecule has 2 aliphatic heterocycles. The van der Waals surface area contributed by atoms with Crippen molar-refractivity contribution in [2.45, 2.75) is 18.1 Å². The molecule has 3 heterocycles. The Morgan fingerprint density at radius 2 is 2.07 bits per heavy atom. The van der Waals surface area contributed by atoms with E-state index in [4.69, 9.17) is 11.2 Å². The summed E-state index contributed by atoms with van der Waals surface area (Å²) in [6, 6.07) is 12.8. The molecule has 2 aliphatic rings. The molecule has 0 aliphatic carbocycles. The summed E-state index contributed by atoms with van der Waals surface area (Å²) in [6.07, 6.45) is 5.70. The lowest BCUT2D eigenvalue weighted by molar-refractivity contribution is -0.102. The largest absolute Gasteiger partial charge is 0.379 e. The highest BCUT2D eigenvalue weighted by Crippen LogP contribution is 2.46. The third-order valence-electron chi connectivity index (χ3n) is 6.03. The number of benzene rings is 2. The van der Waals surface area contributed by atoms with Crippen molar-refractivity contribution < 1.29 is 13.9 Å². The lowest BCUT2D eigenvalue weighted by Crippen LogP contribution is -2.50. The summed E-state index contributed by atoms with van der Waals surface area (Å²) < 4.78 is 22.6. The first-order valence-electron chi connectivity index (χ1n) is 9.62. The number of fused-ring (bicyclic) bond motifs is 1. The number of nitrogens with zero attached hydrogens (tertiary/aromatic N) is 4. The molecule has 3 aromatic rings. The van der Waals surface area contributed by atoms with Crippen LogP contribution < -0.4 is 4.90 Å². The van der Waals surface area contributed by atoms with Crippen LogP contribution >= 0.6 is 0 Å². The minimum atomic E-state index is -1.38. The van der Waals surface area contributed by atoms with Crippen molar-refractivity contribution in [1.82, 2.24) is 14.8 Å². The summed E-state index contributed by atoms with van der Waals surface area (Å²) in [6.45, 7) is 0.865. The van der Waals surface area contributed by atoms with Crippen molar-refractivity contribution in [1.29, 1.82) is 0 Å². The van der Waals surface area contributed by atoms with Gasteiger partial charge in [0.05, 0.1) is 25.2 Å². The minimum Gasteiger partial charge on any atom is -0.379 e. The molecular weight excluding hydrogens is 383 g/mol. The van der Waals surface area contributed by atoms with E-state index < -0.39 is 11.6 Å². The second-order valence-electron chi connectivity index (χ2n) is 7.73. The summed E-state index contributed by atoms with van der Waals surface area (Å²) in [7, 11) is 1.72. The lowest BCUT2D eigenvalue weighted by Gasteiger charge is -2.43. The zero-order valence-corrected chi connectivity index (χ0v) is 16.4. The molecule has 6 nitrogen and oxygen atoms in total. The quantitative estimate of drug-likeness (QED) is 0.630. The third kappa shape index (κ3) is 2.57. The number of hydrogen-bond donors (Lipinski definition) is 0. The van der Waals surface area contributed by atoms with Gasteiger partial charge in [0.15, 0.2) is 12.0 Å². The van der Waals surface area contributed by atoms with Crippen LogP contribution in [-0.4, -0.2) is 33.9 Å². The number of terminal acetylenes is 1. The van der Waals surface area contributed by atoms with Gasteiger partial charge in [-0.15, -0.1) is 16.6 Å². The molecule has 1 aromatic heterocycles. The first-order valence-corrected chi connectivity index (χ1v) is 9.62. The fourth-order valence-electron chi connectivity index (χ4n) is 4.21. The number of alkyl halides is 1. The Morgan fingerprint density at radius 3 is 2.73 bits per heavy atom. The van der Waals surface area contributed by atoms with Crippen LogP contribution in [0.3, 0.4) is 0 Å². The van der Waals surface area contributed by atoms with Crippen molar-refractivity contribution in [2.24, 2.45) is 7.05 Å². The molecule has 0 radical (unpaired) electrons. The highest BCUT2D eigenvalue weighted by Gasteiger charge is 2.50. The van der Waals surface area contributed by atoms with Gasteiger partial charge in [-0.1, -0.05) is 24.1 Å². The maximum Gasteiger partial charge on any atom is 0.258 e. The van der Waals surface area contributed by atoms with Gasteiger partial charge < -0.3 is 14.2 Å². The van der Waals surface area contributed by atoms with Gasteiger partial charge in [-0.3, -0.25) is 4.79 Å². The van der Waals surface area contributed by atoms with E-state index in [1.807, 2.05) is 30.3 Å². The number of anilines is 1. The lowest BCUT2D eigenvalue weighted by atomic mass is 9.74. The molecule has 0 saturated carbocycles. The van der Waals surface area contributed by atoms with Crippen LogP contribution in [-0.2, 0) is 23.7 Å². The number of amides is 1. The van der Waals surface area contributed by atoms with Crippen LogP contribution in [0.15, 0.2) is 48.8 Å². The van der Waals surface area contributed by atoms with Gasteiger partial charge in [-0.25, -0.2) is 4.39 Å². The Morgan fingerprint density at radius 1 is 1.27 bits per heavy atom. The van der Waals surface area contributed by atoms with Crippen LogP contribution in [0.1, 0.15) is 39.0 Å². The summed E-state index contributed by atoms with van der Waals surface area (Å²) in [5.41, 5.74) is 2.78. The van der Waals surface area contributed by atoms with Crippen LogP contribution in [0, 0.1) is 12.3 Å². The number of aromatic nitrogens is 3. The molecule has 0 N–H and O–H groups in total. The van der Waals surface area contributed by atoms with Crippen LogP contribution in [0.25, 0.3) is 0 Å². The van der Waals surface area contributed by atoms with Gasteiger partial charge in [0.25, 0.3) is 5.91 Å². The Balaban J connectivity index is 1.52. The minimum absolute atomic E-state index is 0.108. The molecule has 1 amide bonds. The second kappa shape index (κ2) is 6.78. The molecule has 5 rings (SSSR count). The molecule has 1 atom stereocenters. The van der Waals surface area contributed by atoms with Gasteiger partial charge in [0, 0.05) is 29.4 Å². The average molecular weight is 402 g/mol. The molecule has 7 heteroatoms. The number of aryl methyl sites for hydroxylation is 1. The maximum absolute atomic E-state index is 15.6. The molecule has 0 unspecified atom stereocenters. The predicted molar refractivity (Wildman–Crippen MR) is 109 cm³/mol. The highest BCUT2D eigenvalue weighted by atomic mass is 19.1. The molecule has 0 spiro atoms. The smallest absolute Gasteiger partial charge is 0.258 e. The summed E-state index contributed by atoms with van der Waals surface area (Å²) >= 11 is 0. The number of rotatable bonds is 4. The van der Waals surface area contributed by atoms with Crippen LogP contribution in [0.4, 0.5) is 10.1 Å². The first-order chi connectivity index (χ1) is 14.5. The normalized spacial score (nSPS) is 17.9. The van der Waals surface area contributed by atoms with E-state index in [-0.39, 0.29) is 24.9 Å². The molecule has 1 saturated heterocycles. The Bertz CT molecular complexity index is 1190. The van der Waals surface area contributed by atoms with Gasteiger partial charge in [0.2, 0.25) is 0 Å². The summed E-state index contributed by atoms with van der Waals surface area (Å²) in [5.74, 6) is 2.80. The summed E-state index contributed by atoms with van der Waals surface area (Å²) in [4.78, 5) is 14.7. The number of hydrogen-bond acceptors (Lipinski definition) is 4. The Labute approximate surface area is 173 Å². The van der Waals surface area contributed by atoms with E-state index in [2.05, 4.69) is 16.1 Å². The average Bonchev–Trinajstić information content (AvgIpc) is 3.30. The molecular formula is C23H19FN4O2. The van der Waals surface area contributed by atoms with Gasteiger partial charge in [-0.2, -0.15) is 0 Å². The van der Waals surface area contributed by atoms with Gasteiger partial charge >= 0.3 is 0 Å². The van der Waals surface area contributed by atoms with Gasteiger partial charge in [-0.05, 0) is 29.8 Å². The van der Waals surface area contributed by atoms with Crippen molar-refractivity contribution in [3.63, 3.8) is 0 Å². The Kier molecular flexibility index (Phi) is 4.19. The van der Waals surface area contributed by atoms with E-state index in [9.17, 15) is 4.79 Å². The van der Waals surface area contributed by atoms with Crippen molar-refractivity contribution >= 4 is 11.6 Å². The predicted octanol–water partition coefficient (Wildman–Crippen LogP) is 2.94. The van der Waals surface area contributed by atoms with E-state index in [1.54, 1.807) is 28.6 Å². The molecule has 30 heavy (non-hydrogen) atoms. The number of ether oxygens (including phenoxy) is 1. The van der Waals surface area contributed by atoms with Crippen molar-refractivity contribution in [3.05, 3.63) is 76.9 Å². The third-order valence-corrected chi connectivity index (χ3v) is 6.03. The van der Waals surface area contributed by atoms with E-state index in [0.717, 1.165) is 16.7 Å². The SMILES string of the molecule is C#Cc1cccc2c1CN(c1cccc(C3([C@@H](F)c4nncn4C)COC3)c1)C2=O. The number of halogens is 1.